The van der Waals surface area contributed by atoms with Crippen LogP contribution in [-0.4, -0.2) is 28.2 Å². The van der Waals surface area contributed by atoms with Crippen LogP contribution in [0.25, 0.3) is 0 Å². The fraction of sp³-hybridized carbons (Fsp3) is 0.267. The van der Waals surface area contributed by atoms with Crippen molar-refractivity contribution >= 4 is 11.4 Å². The van der Waals surface area contributed by atoms with Crippen molar-refractivity contribution in [3.63, 3.8) is 0 Å². The molecule has 0 aliphatic heterocycles. The Bertz CT molecular complexity index is 1200. The van der Waals surface area contributed by atoms with E-state index in [0.29, 0.717) is 12.8 Å². The fourth-order valence-electron chi connectivity index (χ4n) is 3.70. The van der Waals surface area contributed by atoms with E-state index in [1.807, 2.05) is 64.6 Å². The lowest BCUT2D eigenvalue weighted by atomic mass is 9.85. The topological polar surface area (TPSA) is 54.1 Å². The second-order valence-electron chi connectivity index (χ2n) is 8.56. The van der Waals surface area contributed by atoms with Crippen LogP contribution in [0.15, 0.2) is 70.8 Å². The molecule has 0 heterocycles. The van der Waals surface area contributed by atoms with Gasteiger partial charge in [0.15, 0.2) is 0 Å². The molecule has 0 bridgehead atoms. The lowest BCUT2D eigenvalue weighted by molar-refractivity contribution is 0.722. The molecule has 2 aromatic carbocycles. The summed E-state index contributed by atoms with van der Waals surface area (Å²) in [4.78, 5) is 4.11. The van der Waals surface area contributed by atoms with Crippen LogP contribution in [0.2, 0.25) is 0 Å². The van der Waals surface area contributed by atoms with Crippen LogP contribution in [0, 0.1) is 46.3 Å². The van der Waals surface area contributed by atoms with Crippen LogP contribution < -0.4 is 9.80 Å². The molecule has 1 aliphatic carbocycles. The molecule has 0 unspecified atom stereocenters. The molecule has 168 valence electrons. The summed E-state index contributed by atoms with van der Waals surface area (Å²) in [5.41, 5.74) is 7.34. The molecule has 0 atom stereocenters. The van der Waals surface area contributed by atoms with Crippen molar-refractivity contribution in [1.29, 1.82) is 10.5 Å². The van der Waals surface area contributed by atoms with E-state index in [-0.39, 0.29) is 5.57 Å². The maximum Gasteiger partial charge on any atom is 0.128 e. The zero-order valence-corrected chi connectivity index (χ0v) is 20.2. The number of anilines is 2. The Hall–Kier alpha value is -4.38. The van der Waals surface area contributed by atoms with E-state index in [9.17, 15) is 10.5 Å². The molecule has 3 rings (SSSR count). The highest BCUT2D eigenvalue weighted by Gasteiger charge is 2.16. The van der Waals surface area contributed by atoms with E-state index >= 15 is 0 Å². The summed E-state index contributed by atoms with van der Waals surface area (Å²) in [6.07, 6.45) is 2.93. The van der Waals surface area contributed by atoms with Crippen molar-refractivity contribution in [2.75, 3.05) is 38.0 Å². The third kappa shape index (κ3) is 6.33. The maximum absolute atomic E-state index is 9.19. The van der Waals surface area contributed by atoms with Gasteiger partial charge in [-0.1, -0.05) is 23.7 Å². The van der Waals surface area contributed by atoms with Crippen LogP contribution in [-0.2, 0) is 0 Å². The molecule has 4 nitrogen and oxygen atoms in total. The molecule has 2 aromatic rings. The van der Waals surface area contributed by atoms with Crippen LogP contribution >= 0.6 is 0 Å². The van der Waals surface area contributed by atoms with Gasteiger partial charge >= 0.3 is 0 Å². The predicted molar refractivity (Wildman–Crippen MR) is 139 cm³/mol. The smallest absolute Gasteiger partial charge is 0.128 e. The summed E-state index contributed by atoms with van der Waals surface area (Å²) < 4.78 is 0. The number of hydrogen-bond acceptors (Lipinski definition) is 4. The van der Waals surface area contributed by atoms with Gasteiger partial charge in [-0.3, -0.25) is 0 Å². The molecule has 0 radical (unpaired) electrons. The van der Waals surface area contributed by atoms with E-state index in [1.54, 1.807) is 0 Å². The minimum absolute atomic E-state index is 0.250. The molecule has 34 heavy (non-hydrogen) atoms. The highest BCUT2D eigenvalue weighted by molar-refractivity contribution is 5.57. The van der Waals surface area contributed by atoms with E-state index in [1.165, 1.54) is 5.57 Å². The average molecular weight is 445 g/mol. The third-order valence-corrected chi connectivity index (χ3v) is 5.82. The summed E-state index contributed by atoms with van der Waals surface area (Å²) in [5, 5.41) is 18.4. The summed E-state index contributed by atoms with van der Waals surface area (Å²) in [6.45, 7) is 0. The Kier molecular flexibility index (Phi) is 8.19. The number of rotatable bonds is 2. The second kappa shape index (κ2) is 11.5. The van der Waals surface area contributed by atoms with Crippen LogP contribution in [0.4, 0.5) is 11.4 Å². The molecule has 0 amide bonds. The minimum Gasteiger partial charge on any atom is -0.378 e. The van der Waals surface area contributed by atoms with Gasteiger partial charge < -0.3 is 9.80 Å². The van der Waals surface area contributed by atoms with Gasteiger partial charge in [0.25, 0.3) is 0 Å². The Morgan fingerprint density at radius 1 is 0.588 bits per heavy atom. The van der Waals surface area contributed by atoms with Crippen molar-refractivity contribution in [3.05, 3.63) is 82.0 Å². The predicted octanol–water partition coefficient (Wildman–Crippen LogP) is 5.44. The number of allylic oxidation sites excluding steroid dienone is 4. The van der Waals surface area contributed by atoms with Crippen molar-refractivity contribution < 1.29 is 0 Å². The highest BCUT2D eigenvalue weighted by Crippen LogP contribution is 2.31. The van der Waals surface area contributed by atoms with Crippen LogP contribution in [0.3, 0.4) is 0 Å². The van der Waals surface area contributed by atoms with Gasteiger partial charge in [0.1, 0.15) is 17.7 Å². The van der Waals surface area contributed by atoms with Crippen molar-refractivity contribution in [1.82, 2.24) is 0 Å². The first-order valence-corrected chi connectivity index (χ1v) is 11.2. The monoisotopic (exact) mass is 444 g/mol. The SMILES string of the molecule is CN(C)c1ccc(C#CC(C#Cc2ccc(N(C)C)cc2)=C2CCC(=C(C#N)C#N)CC2)cc1. The van der Waals surface area contributed by atoms with E-state index in [2.05, 4.69) is 57.7 Å². The van der Waals surface area contributed by atoms with E-state index in [0.717, 1.165) is 46.5 Å². The molecule has 1 aliphatic rings. The zero-order valence-electron chi connectivity index (χ0n) is 20.2. The number of hydrogen-bond donors (Lipinski definition) is 0. The molecule has 0 aromatic heterocycles. The van der Waals surface area contributed by atoms with Crippen LogP contribution in [0.5, 0.6) is 0 Å². The lowest BCUT2D eigenvalue weighted by Crippen LogP contribution is -2.07. The largest absolute Gasteiger partial charge is 0.378 e. The molecular weight excluding hydrogens is 416 g/mol. The summed E-state index contributed by atoms with van der Waals surface area (Å²) >= 11 is 0. The fourth-order valence-corrected chi connectivity index (χ4v) is 3.70. The van der Waals surface area contributed by atoms with Gasteiger partial charge in [-0.15, -0.1) is 0 Å². The average Bonchev–Trinajstić information content (AvgIpc) is 2.86. The molecule has 1 fully saturated rings. The number of nitrogens with zero attached hydrogens (tertiary/aromatic N) is 4. The quantitative estimate of drug-likeness (QED) is 0.457. The Labute approximate surface area is 203 Å². The lowest BCUT2D eigenvalue weighted by Gasteiger charge is -2.18. The van der Waals surface area contributed by atoms with Crippen molar-refractivity contribution in [3.8, 4) is 35.8 Å². The van der Waals surface area contributed by atoms with Gasteiger partial charge in [0.2, 0.25) is 0 Å². The summed E-state index contributed by atoms with van der Waals surface area (Å²) in [5.74, 6) is 13.2. The minimum atomic E-state index is 0.250. The Morgan fingerprint density at radius 3 is 1.26 bits per heavy atom. The normalized spacial score (nSPS) is 12.2. The van der Waals surface area contributed by atoms with Crippen LogP contribution in [0.1, 0.15) is 36.8 Å². The van der Waals surface area contributed by atoms with E-state index in [4.69, 9.17) is 0 Å². The van der Waals surface area contributed by atoms with Gasteiger partial charge in [-0.05, 0) is 85.4 Å². The number of benzene rings is 2. The molecular formula is C30H28N4. The van der Waals surface area contributed by atoms with Crippen molar-refractivity contribution in [2.45, 2.75) is 25.7 Å². The highest BCUT2D eigenvalue weighted by atomic mass is 15.1. The second-order valence-corrected chi connectivity index (χ2v) is 8.56. The Morgan fingerprint density at radius 2 is 0.941 bits per heavy atom. The number of nitriles is 2. The summed E-state index contributed by atoms with van der Waals surface area (Å²) in [6, 6.07) is 20.3. The van der Waals surface area contributed by atoms with Gasteiger partial charge in [-0.2, -0.15) is 10.5 Å². The first-order chi connectivity index (χ1) is 16.4. The molecule has 0 N–H and O–H groups in total. The van der Waals surface area contributed by atoms with Gasteiger partial charge in [0, 0.05) is 50.7 Å². The molecule has 0 spiro atoms. The Balaban J connectivity index is 1.94. The van der Waals surface area contributed by atoms with E-state index < -0.39 is 0 Å². The first-order valence-electron chi connectivity index (χ1n) is 11.2. The molecule has 1 saturated carbocycles. The van der Waals surface area contributed by atoms with Gasteiger partial charge in [0.05, 0.1) is 5.57 Å². The molecule has 4 heteroatoms. The first kappa shape index (κ1) is 24.3. The standard InChI is InChI=1S/C30H28N4/c1-33(2)29-17-7-23(8-18-29)5-11-25(12-6-24-9-19-30(20-10-24)34(3)4)26-13-15-27(16-14-26)28(21-31)22-32/h7-10,17-20H,13-16H2,1-4H3. The maximum atomic E-state index is 9.19. The third-order valence-electron chi connectivity index (χ3n) is 5.82. The van der Waals surface area contributed by atoms with Gasteiger partial charge in [-0.25, -0.2) is 0 Å². The zero-order chi connectivity index (χ0) is 24.5. The molecule has 0 saturated heterocycles. The van der Waals surface area contributed by atoms with Crippen molar-refractivity contribution in [2.24, 2.45) is 0 Å². The summed E-state index contributed by atoms with van der Waals surface area (Å²) in [7, 11) is 8.05.